The van der Waals surface area contributed by atoms with Gasteiger partial charge in [-0.2, -0.15) is 4.39 Å². The molecule has 1 aliphatic rings. The molecule has 0 aromatic carbocycles. The van der Waals surface area contributed by atoms with Crippen molar-refractivity contribution < 1.29 is 18.8 Å². The van der Waals surface area contributed by atoms with Crippen LogP contribution in [0.3, 0.4) is 0 Å². The minimum Gasteiger partial charge on any atom is -0.398 e. The van der Waals surface area contributed by atoms with Crippen molar-refractivity contribution in [2.75, 3.05) is 6.61 Å². The molecule has 0 radical (unpaired) electrons. The standard InChI is InChI=1S/C13H19BFNO3/c1-12(2)13(3,4)19-14(18-12)11-9(7-8-17)5-6-10(15)16-11/h5-6,17H,7-8H2,1-4H3. The molecule has 0 spiro atoms. The van der Waals surface area contributed by atoms with Crippen LogP contribution in [0, 0.1) is 5.95 Å². The van der Waals surface area contributed by atoms with Gasteiger partial charge in [0.25, 0.3) is 0 Å². The molecule has 0 saturated carbocycles. The van der Waals surface area contributed by atoms with Crippen molar-refractivity contribution in [3.8, 4) is 0 Å². The summed E-state index contributed by atoms with van der Waals surface area (Å²) in [6.07, 6.45) is 0.396. The lowest BCUT2D eigenvalue weighted by Gasteiger charge is -2.32. The van der Waals surface area contributed by atoms with Crippen molar-refractivity contribution in [2.45, 2.75) is 45.3 Å². The summed E-state index contributed by atoms with van der Waals surface area (Å²) in [7, 11) is -0.706. The molecule has 1 N–H and O–H groups in total. The molecule has 1 aliphatic heterocycles. The number of hydrogen-bond acceptors (Lipinski definition) is 4. The summed E-state index contributed by atoms with van der Waals surface area (Å²) in [6, 6.07) is 2.89. The van der Waals surface area contributed by atoms with Gasteiger partial charge in [0.15, 0.2) is 0 Å². The zero-order valence-corrected chi connectivity index (χ0v) is 11.7. The van der Waals surface area contributed by atoms with Crippen molar-refractivity contribution in [3.05, 3.63) is 23.6 Å². The third-order valence-electron chi connectivity index (χ3n) is 3.84. The maximum Gasteiger partial charge on any atom is 0.514 e. The van der Waals surface area contributed by atoms with Gasteiger partial charge in [0, 0.05) is 6.61 Å². The number of pyridine rings is 1. The van der Waals surface area contributed by atoms with Crippen LogP contribution in [0.4, 0.5) is 4.39 Å². The molecule has 0 atom stereocenters. The van der Waals surface area contributed by atoms with Gasteiger partial charge in [0.2, 0.25) is 5.95 Å². The van der Waals surface area contributed by atoms with Crippen LogP contribution in [0.15, 0.2) is 12.1 Å². The molecule has 1 saturated heterocycles. The molecule has 0 aliphatic carbocycles. The van der Waals surface area contributed by atoms with Crippen LogP contribution in [-0.4, -0.2) is 35.0 Å². The Labute approximate surface area is 113 Å². The average molecular weight is 267 g/mol. The van der Waals surface area contributed by atoms with Gasteiger partial charge >= 0.3 is 7.12 Å². The summed E-state index contributed by atoms with van der Waals surface area (Å²) in [5.41, 5.74) is 0.153. The Kier molecular flexibility index (Phi) is 3.68. The van der Waals surface area contributed by atoms with Gasteiger partial charge in [-0.05, 0) is 45.7 Å². The smallest absolute Gasteiger partial charge is 0.398 e. The number of aromatic nitrogens is 1. The molecule has 104 valence electrons. The Hall–Kier alpha value is -0.975. The Bertz CT molecular complexity index is 463. The summed E-state index contributed by atoms with van der Waals surface area (Å²) in [5, 5.41) is 9.06. The highest BCUT2D eigenvalue weighted by Crippen LogP contribution is 2.36. The summed E-state index contributed by atoms with van der Waals surface area (Å²) in [5.74, 6) is -0.577. The zero-order chi connectivity index (χ0) is 14.3. The minimum atomic E-state index is -0.706. The normalized spacial score (nSPS) is 20.8. The molecule has 2 rings (SSSR count). The van der Waals surface area contributed by atoms with E-state index in [1.165, 1.54) is 6.07 Å². The largest absolute Gasteiger partial charge is 0.514 e. The second-order valence-electron chi connectivity index (χ2n) is 5.74. The number of rotatable bonds is 3. The van der Waals surface area contributed by atoms with Crippen LogP contribution < -0.4 is 5.59 Å². The maximum absolute atomic E-state index is 13.3. The molecule has 19 heavy (non-hydrogen) atoms. The lowest BCUT2D eigenvalue weighted by molar-refractivity contribution is 0.00578. The average Bonchev–Trinajstić information content (AvgIpc) is 2.51. The van der Waals surface area contributed by atoms with Crippen LogP contribution in [0.2, 0.25) is 0 Å². The lowest BCUT2D eigenvalue weighted by Crippen LogP contribution is -2.41. The van der Waals surface area contributed by atoms with E-state index in [0.29, 0.717) is 12.0 Å². The fourth-order valence-corrected chi connectivity index (χ4v) is 1.97. The van der Waals surface area contributed by atoms with E-state index in [-0.39, 0.29) is 6.61 Å². The minimum absolute atomic E-state index is 0.0280. The van der Waals surface area contributed by atoms with Gasteiger partial charge in [-0.25, -0.2) is 4.98 Å². The highest BCUT2D eigenvalue weighted by atomic mass is 19.1. The van der Waals surface area contributed by atoms with E-state index in [9.17, 15) is 4.39 Å². The van der Waals surface area contributed by atoms with Gasteiger partial charge in [-0.15, -0.1) is 0 Å². The van der Waals surface area contributed by atoms with E-state index in [4.69, 9.17) is 14.4 Å². The Morgan fingerprint density at radius 1 is 1.21 bits per heavy atom. The molecule has 0 amide bonds. The number of nitrogens with zero attached hydrogens (tertiary/aromatic N) is 1. The zero-order valence-electron chi connectivity index (χ0n) is 11.7. The van der Waals surface area contributed by atoms with Crippen molar-refractivity contribution >= 4 is 12.7 Å². The molecular weight excluding hydrogens is 248 g/mol. The molecule has 1 aromatic rings. The SMILES string of the molecule is CC1(C)OB(c2nc(F)ccc2CCO)OC1(C)C. The first-order valence-corrected chi connectivity index (χ1v) is 6.38. The summed E-state index contributed by atoms with van der Waals surface area (Å²) in [6.45, 7) is 7.69. The van der Waals surface area contributed by atoms with Crippen molar-refractivity contribution in [1.82, 2.24) is 4.98 Å². The second kappa shape index (κ2) is 4.85. The molecule has 0 unspecified atom stereocenters. The molecule has 2 heterocycles. The number of aliphatic hydroxyl groups excluding tert-OH is 1. The molecule has 4 nitrogen and oxygen atoms in total. The Morgan fingerprint density at radius 2 is 1.79 bits per heavy atom. The third kappa shape index (κ3) is 2.66. The highest BCUT2D eigenvalue weighted by Gasteiger charge is 2.52. The molecule has 1 aromatic heterocycles. The molecule has 0 bridgehead atoms. The monoisotopic (exact) mass is 267 g/mol. The van der Waals surface area contributed by atoms with E-state index >= 15 is 0 Å². The number of halogens is 1. The lowest BCUT2D eigenvalue weighted by atomic mass is 9.80. The first kappa shape index (κ1) is 14.4. The van der Waals surface area contributed by atoms with E-state index in [1.807, 2.05) is 27.7 Å². The topological polar surface area (TPSA) is 51.6 Å². The van der Waals surface area contributed by atoms with Crippen LogP contribution >= 0.6 is 0 Å². The van der Waals surface area contributed by atoms with Crippen LogP contribution in [0.5, 0.6) is 0 Å². The van der Waals surface area contributed by atoms with Crippen molar-refractivity contribution in [2.24, 2.45) is 0 Å². The maximum atomic E-state index is 13.3. The van der Waals surface area contributed by atoms with Gasteiger partial charge < -0.3 is 14.4 Å². The van der Waals surface area contributed by atoms with Gasteiger partial charge in [-0.1, -0.05) is 6.07 Å². The van der Waals surface area contributed by atoms with Crippen molar-refractivity contribution in [3.63, 3.8) is 0 Å². The van der Waals surface area contributed by atoms with E-state index in [0.717, 1.165) is 5.56 Å². The van der Waals surface area contributed by atoms with Gasteiger partial charge in [-0.3, -0.25) is 0 Å². The van der Waals surface area contributed by atoms with Crippen LogP contribution in [-0.2, 0) is 15.7 Å². The van der Waals surface area contributed by atoms with Gasteiger partial charge in [0.05, 0.1) is 16.8 Å². The molecule has 1 fully saturated rings. The van der Waals surface area contributed by atoms with Crippen molar-refractivity contribution in [1.29, 1.82) is 0 Å². The van der Waals surface area contributed by atoms with E-state index < -0.39 is 24.3 Å². The predicted octanol–water partition coefficient (Wildman–Crippen LogP) is 1.05. The summed E-state index contributed by atoms with van der Waals surface area (Å²) >= 11 is 0. The quantitative estimate of drug-likeness (QED) is 0.657. The van der Waals surface area contributed by atoms with Crippen LogP contribution in [0.1, 0.15) is 33.3 Å². The molecule has 6 heteroatoms. The first-order valence-electron chi connectivity index (χ1n) is 6.38. The predicted molar refractivity (Wildman–Crippen MR) is 70.7 cm³/mol. The van der Waals surface area contributed by atoms with E-state index in [1.54, 1.807) is 6.07 Å². The van der Waals surface area contributed by atoms with Crippen LogP contribution in [0.25, 0.3) is 0 Å². The fraction of sp³-hybridized carbons (Fsp3) is 0.615. The fourth-order valence-electron chi connectivity index (χ4n) is 1.97. The highest BCUT2D eigenvalue weighted by molar-refractivity contribution is 6.61. The first-order chi connectivity index (χ1) is 8.77. The number of hydrogen-bond donors (Lipinski definition) is 1. The summed E-state index contributed by atoms with van der Waals surface area (Å²) < 4.78 is 25.1. The Balaban J connectivity index is 2.35. The third-order valence-corrected chi connectivity index (χ3v) is 3.84. The summed E-state index contributed by atoms with van der Waals surface area (Å²) in [4.78, 5) is 3.88. The molecular formula is C13H19BFNO3. The second-order valence-corrected chi connectivity index (χ2v) is 5.74. The number of aliphatic hydroxyl groups is 1. The Morgan fingerprint density at radius 3 is 2.32 bits per heavy atom. The van der Waals surface area contributed by atoms with E-state index in [2.05, 4.69) is 4.98 Å². The van der Waals surface area contributed by atoms with Gasteiger partial charge in [0.1, 0.15) is 0 Å².